The number of carbonyl (C=O) groups is 2. The fourth-order valence-corrected chi connectivity index (χ4v) is 3.24. The lowest BCUT2D eigenvalue weighted by Gasteiger charge is -2.15. The average Bonchev–Trinajstić information content (AvgIpc) is 3.12. The standard InChI is InChI=1S/C19H16N2O2/c22-18-10-15(16-11-20-17-9-5-4-8-14(16)17)19(23)21(18)12-13-6-2-1-3-7-13/h1-9,11,15,20H,10,12H2. The van der Waals surface area contributed by atoms with Gasteiger partial charge in [-0.1, -0.05) is 48.5 Å². The van der Waals surface area contributed by atoms with E-state index in [2.05, 4.69) is 4.98 Å². The number of amides is 2. The van der Waals surface area contributed by atoms with Gasteiger partial charge in [-0.05, 0) is 17.2 Å². The van der Waals surface area contributed by atoms with Gasteiger partial charge in [0.25, 0.3) is 0 Å². The van der Waals surface area contributed by atoms with E-state index >= 15 is 0 Å². The number of hydrogen-bond acceptors (Lipinski definition) is 2. The van der Waals surface area contributed by atoms with Crippen LogP contribution in [0.4, 0.5) is 0 Å². The van der Waals surface area contributed by atoms with Crippen molar-refractivity contribution in [1.29, 1.82) is 0 Å². The van der Waals surface area contributed by atoms with E-state index in [1.54, 1.807) is 0 Å². The first-order valence-electron chi connectivity index (χ1n) is 7.68. The number of para-hydroxylation sites is 1. The molecule has 0 radical (unpaired) electrons. The molecule has 0 bridgehead atoms. The predicted molar refractivity (Wildman–Crippen MR) is 87.7 cm³/mol. The molecule has 114 valence electrons. The number of carbonyl (C=O) groups excluding carboxylic acids is 2. The topological polar surface area (TPSA) is 53.2 Å². The van der Waals surface area contributed by atoms with Gasteiger partial charge in [0.2, 0.25) is 11.8 Å². The Morgan fingerprint density at radius 2 is 1.74 bits per heavy atom. The van der Waals surface area contributed by atoms with Crippen LogP contribution in [0.5, 0.6) is 0 Å². The normalized spacial score (nSPS) is 18.1. The van der Waals surface area contributed by atoms with E-state index in [0.29, 0.717) is 6.54 Å². The minimum absolute atomic E-state index is 0.103. The van der Waals surface area contributed by atoms with Gasteiger partial charge in [-0.2, -0.15) is 0 Å². The van der Waals surface area contributed by atoms with Crippen molar-refractivity contribution in [1.82, 2.24) is 9.88 Å². The molecule has 1 unspecified atom stereocenters. The summed E-state index contributed by atoms with van der Waals surface area (Å²) < 4.78 is 0. The Hall–Kier alpha value is -2.88. The van der Waals surface area contributed by atoms with Gasteiger partial charge >= 0.3 is 0 Å². The van der Waals surface area contributed by atoms with E-state index in [1.165, 1.54) is 4.90 Å². The van der Waals surface area contributed by atoms with Crippen molar-refractivity contribution in [3.05, 3.63) is 71.9 Å². The number of nitrogens with zero attached hydrogens (tertiary/aromatic N) is 1. The fraction of sp³-hybridized carbons (Fsp3) is 0.158. The molecule has 0 spiro atoms. The summed E-state index contributed by atoms with van der Waals surface area (Å²) in [5.41, 5.74) is 2.87. The van der Waals surface area contributed by atoms with Gasteiger partial charge in [-0.3, -0.25) is 14.5 Å². The molecule has 2 heterocycles. The molecule has 1 aliphatic rings. The molecular formula is C19H16N2O2. The van der Waals surface area contributed by atoms with Gasteiger partial charge in [0.1, 0.15) is 0 Å². The number of likely N-dealkylation sites (tertiary alicyclic amines) is 1. The van der Waals surface area contributed by atoms with Crippen LogP contribution in [-0.2, 0) is 16.1 Å². The van der Waals surface area contributed by atoms with Gasteiger partial charge in [0.05, 0.1) is 12.5 Å². The van der Waals surface area contributed by atoms with Crippen LogP contribution in [0.2, 0.25) is 0 Å². The number of fused-ring (bicyclic) bond motifs is 1. The Labute approximate surface area is 133 Å². The molecule has 0 aliphatic carbocycles. The fourth-order valence-electron chi connectivity index (χ4n) is 3.24. The predicted octanol–water partition coefficient (Wildman–Crippen LogP) is 3.21. The summed E-state index contributed by atoms with van der Waals surface area (Å²) in [5.74, 6) is -0.597. The van der Waals surface area contributed by atoms with E-state index in [9.17, 15) is 9.59 Å². The van der Waals surface area contributed by atoms with Gasteiger partial charge in [0.15, 0.2) is 0 Å². The molecule has 2 aromatic carbocycles. The first-order valence-corrected chi connectivity index (χ1v) is 7.68. The number of benzene rings is 2. The average molecular weight is 304 g/mol. The molecule has 2 amide bonds. The van der Waals surface area contributed by atoms with E-state index in [1.807, 2.05) is 60.8 Å². The molecule has 1 N–H and O–H groups in total. The smallest absolute Gasteiger partial charge is 0.237 e. The number of hydrogen-bond donors (Lipinski definition) is 1. The summed E-state index contributed by atoms with van der Waals surface area (Å²) in [6.45, 7) is 0.345. The first-order chi connectivity index (χ1) is 11.2. The van der Waals surface area contributed by atoms with E-state index in [-0.39, 0.29) is 24.2 Å². The summed E-state index contributed by atoms with van der Waals surface area (Å²) >= 11 is 0. The third kappa shape index (κ3) is 2.32. The number of H-pyrrole nitrogens is 1. The SMILES string of the molecule is O=C1CC(c2c[nH]c3ccccc23)C(=O)N1Cc1ccccc1. The zero-order valence-corrected chi connectivity index (χ0v) is 12.5. The molecule has 4 rings (SSSR count). The lowest BCUT2D eigenvalue weighted by Crippen LogP contribution is -2.29. The van der Waals surface area contributed by atoms with Crippen LogP contribution in [0.15, 0.2) is 60.8 Å². The van der Waals surface area contributed by atoms with E-state index in [4.69, 9.17) is 0 Å². The summed E-state index contributed by atoms with van der Waals surface area (Å²) in [6.07, 6.45) is 2.10. The Bertz CT molecular complexity index is 883. The molecular weight excluding hydrogens is 288 g/mol. The molecule has 1 aromatic heterocycles. The van der Waals surface area contributed by atoms with Gasteiger partial charge in [-0.25, -0.2) is 0 Å². The monoisotopic (exact) mass is 304 g/mol. The Kier molecular flexibility index (Phi) is 3.23. The molecule has 4 heteroatoms. The second-order valence-corrected chi connectivity index (χ2v) is 5.85. The highest BCUT2D eigenvalue weighted by atomic mass is 16.2. The van der Waals surface area contributed by atoms with Gasteiger partial charge in [0, 0.05) is 23.5 Å². The lowest BCUT2D eigenvalue weighted by atomic mass is 9.97. The summed E-state index contributed by atoms with van der Waals surface area (Å²) in [5, 5.41) is 1.01. The van der Waals surface area contributed by atoms with Crippen molar-refractivity contribution in [3.63, 3.8) is 0 Å². The molecule has 23 heavy (non-hydrogen) atoms. The third-order valence-electron chi connectivity index (χ3n) is 4.42. The number of aromatic amines is 1. The molecule has 4 nitrogen and oxygen atoms in total. The summed E-state index contributed by atoms with van der Waals surface area (Å²) in [7, 11) is 0. The molecule has 1 fully saturated rings. The highest BCUT2D eigenvalue weighted by Crippen LogP contribution is 2.34. The number of aromatic nitrogens is 1. The Morgan fingerprint density at radius 3 is 2.57 bits per heavy atom. The maximum atomic E-state index is 12.8. The van der Waals surface area contributed by atoms with Crippen molar-refractivity contribution < 1.29 is 9.59 Å². The van der Waals surface area contributed by atoms with Crippen LogP contribution in [0.25, 0.3) is 10.9 Å². The minimum Gasteiger partial charge on any atom is -0.361 e. The summed E-state index contributed by atoms with van der Waals surface area (Å²) in [6, 6.07) is 17.5. The maximum absolute atomic E-state index is 12.8. The van der Waals surface area contributed by atoms with Crippen molar-refractivity contribution in [3.8, 4) is 0 Å². The Morgan fingerprint density at radius 1 is 1.00 bits per heavy atom. The molecule has 0 saturated carbocycles. The van der Waals surface area contributed by atoms with Crippen LogP contribution in [0.3, 0.4) is 0 Å². The third-order valence-corrected chi connectivity index (χ3v) is 4.42. The number of rotatable bonds is 3. The highest BCUT2D eigenvalue weighted by Gasteiger charge is 2.40. The van der Waals surface area contributed by atoms with Crippen LogP contribution < -0.4 is 0 Å². The second-order valence-electron chi connectivity index (χ2n) is 5.85. The van der Waals surface area contributed by atoms with E-state index < -0.39 is 0 Å². The molecule has 1 aliphatic heterocycles. The van der Waals surface area contributed by atoms with Gasteiger partial charge < -0.3 is 4.98 Å². The second kappa shape index (κ2) is 5.39. The van der Waals surface area contributed by atoms with Crippen LogP contribution >= 0.6 is 0 Å². The van der Waals surface area contributed by atoms with E-state index in [0.717, 1.165) is 22.0 Å². The number of imide groups is 1. The maximum Gasteiger partial charge on any atom is 0.237 e. The largest absolute Gasteiger partial charge is 0.361 e. The van der Waals surface area contributed by atoms with Crippen molar-refractivity contribution in [2.24, 2.45) is 0 Å². The summed E-state index contributed by atoms with van der Waals surface area (Å²) in [4.78, 5) is 29.6. The zero-order valence-electron chi connectivity index (χ0n) is 12.5. The highest BCUT2D eigenvalue weighted by molar-refractivity contribution is 6.07. The minimum atomic E-state index is -0.387. The molecule has 1 saturated heterocycles. The van der Waals surface area contributed by atoms with Crippen LogP contribution in [0.1, 0.15) is 23.5 Å². The van der Waals surface area contributed by atoms with Crippen LogP contribution in [-0.4, -0.2) is 21.7 Å². The lowest BCUT2D eigenvalue weighted by molar-refractivity contribution is -0.139. The van der Waals surface area contributed by atoms with Gasteiger partial charge in [-0.15, -0.1) is 0 Å². The van der Waals surface area contributed by atoms with Crippen molar-refractivity contribution in [2.75, 3.05) is 0 Å². The quantitative estimate of drug-likeness (QED) is 0.755. The van der Waals surface area contributed by atoms with Crippen molar-refractivity contribution in [2.45, 2.75) is 18.9 Å². The first kappa shape index (κ1) is 13.8. The zero-order chi connectivity index (χ0) is 15.8. The number of nitrogens with one attached hydrogen (secondary N) is 1. The van der Waals surface area contributed by atoms with Crippen LogP contribution in [0, 0.1) is 0 Å². The molecule has 1 atom stereocenters. The molecule has 3 aromatic rings. The van der Waals surface area contributed by atoms with Crippen molar-refractivity contribution >= 4 is 22.7 Å². The Balaban J connectivity index is 1.65.